The zero-order chi connectivity index (χ0) is 24.5. The molecule has 3 aliphatic heterocycles. The second-order valence-electron chi connectivity index (χ2n) is 10.6. The Bertz CT molecular complexity index is 1410. The minimum absolute atomic E-state index is 0.0826. The van der Waals surface area contributed by atoms with Crippen molar-refractivity contribution in [1.29, 1.82) is 0 Å². The number of pyridine rings is 2. The van der Waals surface area contributed by atoms with Crippen LogP contribution in [0.3, 0.4) is 0 Å². The molecular weight excluding hydrogens is 462 g/mol. The van der Waals surface area contributed by atoms with Crippen molar-refractivity contribution in [2.24, 2.45) is 5.92 Å². The van der Waals surface area contributed by atoms with E-state index in [1.165, 1.54) is 5.69 Å². The predicted molar refractivity (Wildman–Crippen MR) is 139 cm³/mol. The van der Waals surface area contributed by atoms with Crippen molar-refractivity contribution < 1.29 is 9.84 Å². The van der Waals surface area contributed by atoms with E-state index < -0.39 is 5.60 Å². The molecule has 6 rings (SSSR count). The Hall–Kier alpha value is -2.41. The van der Waals surface area contributed by atoms with Gasteiger partial charge in [0.15, 0.2) is 0 Å². The number of aryl methyl sites for hydroxylation is 1. The highest BCUT2D eigenvalue weighted by atomic mass is 35.5. The predicted octanol–water partition coefficient (Wildman–Crippen LogP) is 5.14. The zero-order valence-corrected chi connectivity index (χ0v) is 21.4. The van der Waals surface area contributed by atoms with Gasteiger partial charge in [0.2, 0.25) is 0 Å². The number of benzene rings is 1. The number of anilines is 1. The van der Waals surface area contributed by atoms with Crippen LogP contribution in [-0.2, 0) is 23.5 Å². The summed E-state index contributed by atoms with van der Waals surface area (Å²) in [6.07, 6.45) is 3.29. The molecule has 35 heavy (non-hydrogen) atoms. The van der Waals surface area contributed by atoms with Gasteiger partial charge in [0.05, 0.1) is 48.0 Å². The van der Waals surface area contributed by atoms with E-state index in [0.29, 0.717) is 48.1 Å². The fourth-order valence-electron chi connectivity index (χ4n) is 6.04. The summed E-state index contributed by atoms with van der Waals surface area (Å²) in [6, 6.07) is 6.09. The van der Waals surface area contributed by atoms with Crippen LogP contribution in [-0.4, -0.2) is 34.4 Å². The van der Waals surface area contributed by atoms with Crippen LogP contribution in [0.5, 0.6) is 0 Å². The summed E-state index contributed by atoms with van der Waals surface area (Å²) < 4.78 is 7.57. The summed E-state index contributed by atoms with van der Waals surface area (Å²) >= 11 is 6.53. The van der Waals surface area contributed by atoms with Gasteiger partial charge < -0.3 is 19.3 Å². The number of piperidine rings is 1. The van der Waals surface area contributed by atoms with Crippen LogP contribution in [0.25, 0.3) is 22.3 Å². The Morgan fingerprint density at radius 1 is 1.23 bits per heavy atom. The van der Waals surface area contributed by atoms with Crippen LogP contribution in [0.4, 0.5) is 5.69 Å². The van der Waals surface area contributed by atoms with E-state index in [1.807, 2.05) is 30.5 Å². The maximum Gasteiger partial charge on any atom is 0.257 e. The molecule has 3 aromatic rings. The monoisotopic (exact) mass is 493 g/mol. The number of aliphatic hydroxyl groups is 1. The van der Waals surface area contributed by atoms with Gasteiger partial charge in [-0.05, 0) is 61.4 Å². The molecule has 0 radical (unpaired) electrons. The molecule has 184 valence electrons. The van der Waals surface area contributed by atoms with E-state index in [2.05, 4.69) is 17.9 Å². The van der Waals surface area contributed by atoms with Crippen molar-refractivity contribution in [1.82, 2.24) is 9.55 Å². The van der Waals surface area contributed by atoms with Crippen LogP contribution in [0.1, 0.15) is 61.8 Å². The SMILES string of the molecule is CC[C@@]1(O)CCOCc2c1cc1n(c2=O)Cc2c-1nc1cc(Cl)c(C)cc1c2N1CCC(C)CC1. The van der Waals surface area contributed by atoms with Gasteiger partial charge in [-0.15, -0.1) is 0 Å². The van der Waals surface area contributed by atoms with E-state index in [-0.39, 0.29) is 12.2 Å². The maximum absolute atomic E-state index is 13.8. The van der Waals surface area contributed by atoms with Gasteiger partial charge in [0, 0.05) is 41.0 Å². The first-order valence-corrected chi connectivity index (χ1v) is 13.1. The number of halogens is 1. The Morgan fingerprint density at radius 3 is 2.74 bits per heavy atom. The second-order valence-corrected chi connectivity index (χ2v) is 11.0. The lowest BCUT2D eigenvalue weighted by Crippen LogP contribution is -2.34. The average molecular weight is 494 g/mol. The molecule has 7 heteroatoms. The van der Waals surface area contributed by atoms with Crippen LogP contribution >= 0.6 is 11.6 Å². The van der Waals surface area contributed by atoms with Crippen LogP contribution in [0.2, 0.25) is 5.02 Å². The van der Waals surface area contributed by atoms with Crippen molar-refractivity contribution >= 4 is 28.2 Å². The summed E-state index contributed by atoms with van der Waals surface area (Å²) in [5, 5.41) is 13.2. The quantitative estimate of drug-likeness (QED) is 0.418. The topological polar surface area (TPSA) is 67.6 Å². The smallest absolute Gasteiger partial charge is 0.257 e. The van der Waals surface area contributed by atoms with E-state index in [4.69, 9.17) is 21.3 Å². The molecule has 0 spiro atoms. The van der Waals surface area contributed by atoms with Crippen LogP contribution in [0.15, 0.2) is 23.0 Å². The van der Waals surface area contributed by atoms with E-state index in [9.17, 15) is 9.90 Å². The highest BCUT2D eigenvalue weighted by Crippen LogP contribution is 2.44. The normalized spacial score (nSPS) is 22.1. The largest absolute Gasteiger partial charge is 0.385 e. The highest BCUT2D eigenvalue weighted by Gasteiger charge is 2.37. The molecule has 5 heterocycles. The standard InChI is InChI=1S/C28H32ClN3O3/c1-4-28(34)7-10-35-15-20-21(28)12-24-25-19(14-32(24)27(20)33)26(31-8-5-16(2)6-9-31)18-11-17(3)22(29)13-23(18)30-25/h11-13,16,34H,4-10,14-15H2,1-3H3/t28-/m1/s1. The third kappa shape index (κ3) is 3.52. The fraction of sp³-hybridized carbons (Fsp3) is 0.500. The van der Waals surface area contributed by atoms with E-state index in [0.717, 1.165) is 59.3 Å². The lowest BCUT2D eigenvalue weighted by atomic mass is 9.86. The molecule has 1 aromatic carbocycles. The maximum atomic E-state index is 13.8. The number of hydrogen-bond acceptors (Lipinski definition) is 5. The van der Waals surface area contributed by atoms with Crippen molar-refractivity contribution in [2.75, 3.05) is 24.6 Å². The molecule has 0 aliphatic carbocycles. The molecule has 2 aromatic heterocycles. The summed E-state index contributed by atoms with van der Waals surface area (Å²) in [7, 11) is 0. The number of ether oxygens (including phenoxy) is 1. The average Bonchev–Trinajstić information content (AvgIpc) is 3.11. The molecule has 1 N–H and O–H groups in total. The van der Waals surface area contributed by atoms with Gasteiger partial charge in [-0.1, -0.05) is 25.4 Å². The molecule has 0 amide bonds. The minimum Gasteiger partial charge on any atom is -0.385 e. The number of nitrogens with zero attached hydrogens (tertiary/aromatic N) is 3. The van der Waals surface area contributed by atoms with Crippen molar-refractivity contribution in [2.45, 2.75) is 65.2 Å². The van der Waals surface area contributed by atoms with Gasteiger partial charge in [0.25, 0.3) is 5.56 Å². The van der Waals surface area contributed by atoms with Gasteiger partial charge in [-0.2, -0.15) is 0 Å². The first-order valence-electron chi connectivity index (χ1n) is 12.8. The molecule has 1 atom stereocenters. The third-order valence-corrected chi connectivity index (χ3v) is 8.79. The van der Waals surface area contributed by atoms with Crippen molar-refractivity contribution in [3.8, 4) is 11.4 Å². The van der Waals surface area contributed by atoms with Crippen LogP contribution in [0, 0.1) is 12.8 Å². The summed E-state index contributed by atoms with van der Waals surface area (Å²) in [5.41, 5.74) is 5.85. The Kier molecular flexibility index (Phi) is 5.47. The van der Waals surface area contributed by atoms with Crippen LogP contribution < -0.4 is 10.5 Å². The van der Waals surface area contributed by atoms with Crippen molar-refractivity contribution in [3.05, 3.63) is 55.8 Å². The summed E-state index contributed by atoms with van der Waals surface area (Å²) in [4.78, 5) is 21.3. The molecule has 0 saturated carbocycles. The Labute approximate surface area is 210 Å². The minimum atomic E-state index is -1.08. The molecule has 1 fully saturated rings. The Morgan fingerprint density at radius 2 is 2.00 bits per heavy atom. The van der Waals surface area contributed by atoms with Gasteiger partial charge >= 0.3 is 0 Å². The fourth-order valence-corrected chi connectivity index (χ4v) is 6.20. The van der Waals surface area contributed by atoms with E-state index in [1.54, 1.807) is 0 Å². The number of aromatic nitrogens is 2. The van der Waals surface area contributed by atoms with Gasteiger partial charge in [0.1, 0.15) is 0 Å². The molecular formula is C28H32ClN3O3. The molecule has 1 saturated heterocycles. The number of hydrogen-bond donors (Lipinski definition) is 1. The number of fused-ring (bicyclic) bond motifs is 5. The van der Waals surface area contributed by atoms with E-state index >= 15 is 0 Å². The summed E-state index contributed by atoms with van der Waals surface area (Å²) in [5.74, 6) is 0.714. The molecule has 0 unspecified atom stereocenters. The lowest BCUT2D eigenvalue weighted by molar-refractivity contribution is 0.00228. The molecule has 0 bridgehead atoms. The number of rotatable bonds is 2. The Balaban J connectivity index is 1.62. The molecule has 3 aliphatic rings. The zero-order valence-electron chi connectivity index (χ0n) is 20.7. The molecule has 6 nitrogen and oxygen atoms in total. The first kappa shape index (κ1) is 23.0. The van der Waals surface area contributed by atoms with Gasteiger partial charge in [-0.3, -0.25) is 4.79 Å². The highest BCUT2D eigenvalue weighted by molar-refractivity contribution is 6.32. The van der Waals surface area contributed by atoms with Gasteiger partial charge in [-0.25, -0.2) is 4.98 Å². The first-order chi connectivity index (χ1) is 16.8. The second kappa shape index (κ2) is 8.32. The van der Waals surface area contributed by atoms with Crippen molar-refractivity contribution in [3.63, 3.8) is 0 Å². The third-order valence-electron chi connectivity index (χ3n) is 8.39. The lowest BCUT2D eigenvalue weighted by Gasteiger charge is -2.34. The summed E-state index contributed by atoms with van der Waals surface area (Å²) in [6.45, 7) is 9.41.